The highest BCUT2D eigenvalue weighted by Gasteiger charge is 2.25. The molecule has 1 atom stereocenters. The highest BCUT2D eigenvalue weighted by atomic mass is 16.5. The fourth-order valence-electron chi connectivity index (χ4n) is 2.84. The first-order chi connectivity index (χ1) is 11.6. The Morgan fingerprint density at radius 3 is 2.38 bits per heavy atom. The fraction of sp³-hybridized carbons (Fsp3) is 0.238. The van der Waals surface area contributed by atoms with Gasteiger partial charge in [0.25, 0.3) is 0 Å². The number of aliphatic hydroxyl groups is 1. The Kier molecular flexibility index (Phi) is 4.84. The number of benzene rings is 3. The minimum atomic E-state index is -0.496. The normalized spacial score (nSPS) is 13.6. The molecule has 3 nitrogen and oxygen atoms in total. The van der Waals surface area contributed by atoms with Gasteiger partial charge in [0.15, 0.2) is 0 Å². The number of fused-ring (bicyclic) bond motifs is 1. The van der Waals surface area contributed by atoms with Gasteiger partial charge in [-0.2, -0.15) is 0 Å². The molecule has 0 heterocycles. The molecule has 24 heavy (non-hydrogen) atoms. The van der Waals surface area contributed by atoms with E-state index in [-0.39, 0.29) is 6.61 Å². The lowest BCUT2D eigenvalue weighted by atomic mass is 9.90. The lowest BCUT2D eigenvalue weighted by Gasteiger charge is -2.30. The number of hydrogen-bond acceptors (Lipinski definition) is 3. The number of methoxy groups -OCH3 is 1. The Morgan fingerprint density at radius 2 is 1.67 bits per heavy atom. The summed E-state index contributed by atoms with van der Waals surface area (Å²) in [6.45, 7) is 2.76. The van der Waals surface area contributed by atoms with Crippen molar-refractivity contribution in [2.45, 2.75) is 19.0 Å². The van der Waals surface area contributed by atoms with E-state index in [4.69, 9.17) is 4.74 Å². The topological polar surface area (TPSA) is 41.5 Å². The van der Waals surface area contributed by atoms with Gasteiger partial charge in [0.05, 0.1) is 19.3 Å². The maximum absolute atomic E-state index is 9.99. The van der Waals surface area contributed by atoms with Crippen molar-refractivity contribution < 1.29 is 9.84 Å². The van der Waals surface area contributed by atoms with Crippen LogP contribution < -0.4 is 10.1 Å². The predicted molar refractivity (Wildman–Crippen MR) is 98.2 cm³/mol. The number of hydrogen-bond donors (Lipinski definition) is 2. The summed E-state index contributed by atoms with van der Waals surface area (Å²) in [5.74, 6) is 0.849. The summed E-state index contributed by atoms with van der Waals surface area (Å²) in [4.78, 5) is 0. The van der Waals surface area contributed by atoms with Gasteiger partial charge in [0, 0.05) is 6.54 Å². The summed E-state index contributed by atoms with van der Waals surface area (Å²) >= 11 is 0. The van der Waals surface area contributed by atoms with Crippen molar-refractivity contribution in [1.82, 2.24) is 5.32 Å². The molecule has 0 bridgehead atoms. The molecular formula is C21H23NO2. The zero-order valence-corrected chi connectivity index (χ0v) is 14.1. The SMILES string of the molecule is COc1ccc2cc(C(C)(CO)NCc3ccccc3)ccc2c1. The van der Waals surface area contributed by atoms with E-state index in [9.17, 15) is 5.11 Å². The molecule has 3 aromatic carbocycles. The van der Waals surface area contributed by atoms with Gasteiger partial charge in [-0.25, -0.2) is 0 Å². The second-order valence-corrected chi connectivity index (χ2v) is 6.26. The lowest BCUT2D eigenvalue weighted by molar-refractivity contribution is 0.173. The molecule has 0 fully saturated rings. The molecule has 124 valence electrons. The Hall–Kier alpha value is -2.36. The Balaban J connectivity index is 1.87. The van der Waals surface area contributed by atoms with Gasteiger partial charge in [-0.1, -0.05) is 48.5 Å². The number of nitrogens with one attached hydrogen (secondary N) is 1. The van der Waals surface area contributed by atoms with Gasteiger partial charge >= 0.3 is 0 Å². The fourth-order valence-corrected chi connectivity index (χ4v) is 2.84. The van der Waals surface area contributed by atoms with E-state index in [1.807, 2.05) is 43.3 Å². The van der Waals surface area contributed by atoms with Crippen molar-refractivity contribution in [2.24, 2.45) is 0 Å². The van der Waals surface area contributed by atoms with E-state index in [0.29, 0.717) is 6.54 Å². The second-order valence-electron chi connectivity index (χ2n) is 6.26. The monoisotopic (exact) mass is 321 g/mol. The van der Waals surface area contributed by atoms with Gasteiger partial charge in [0.1, 0.15) is 5.75 Å². The van der Waals surface area contributed by atoms with E-state index in [1.54, 1.807) is 7.11 Å². The number of ether oxygens (including phenoxy) is 1. The van der Waals surface area contributed by atoms with Gasteiger partial charge in [-0.3, -0.25) is 0 Å². The summed E-state index contributed by atoms with van der Waals surface area (Å²) < 4.78 is 5.28. The van der Waals surface area contributed by atoms with Crippen molar-refractivity contribution >= 4 is 10.8 Å². The molecule has 1 unspecified atom stereocenters. The highest BCUT2D eigenvalue weighted by molar-refractivity contribution is 5.84. The quantitative estimate of drug-likeness (QED) is 0.725. The van der Waals surface area contributed by atoms with Crippen LogP contribution in [-0.4, -0.2) is 18.8 Å². The molecule has 0 aliphatic rings. The van der Waals surface area contributed by atoms with Crippen LogP contribution >= 0.6 is 0 Å². The van der Waals surface area contributed by atoms with Crippen LogP contribution in [0, 0.1) is 0 Å². The molecule has 0 aliphatic heterocycles. The van der Waals surface area contributed by atoms with Crippen molar-refractivity contribution in [1.29, 1.82) is 0 Å². The molecule has 0 aliphatic carbocycles. The zero-order chi connectivity index (χ0) is 17.0. The summed E-state index contributed by atoms with van der Waals surface area (Å²) in [6, 6.07) is 22.5. The van der Waals surface area contributed by atoms with Gasteiger partial charge in [-0.15, -0.1) is 0 Å². The van der Waals surface area contributed by atoms with Crippen LogP contribution in [-0.2, 0) is 12.1 Å². The van der Waals surface area contributed by atoms with Crippen LogP contribution in [0.2, 0.25) is 0 Å². The molecular weight excluding hydrogens is 298 g/mol. The molecule has 3 heteroatoms. The number of rotatable bonds is 6. The summed E-state index contributed by atoms with van der Waals surface area (Å²) in [5.41, 5.74) is 1.77. The van der Waals surface area contributed by atoms with Crippen molar-refractivity contribution in [3.8, 4) is 5.75 Å². The van der Waals surface area contributed by atoms with E-state index in [0.717, 1.165) is 22.1 Å². The maximum Gasteiger partial charge on any atom is 0.119 e. The predicted octanol–water partition coefficient (Wildman–Crippen LogP) is 3.85. The van der Waals surface area contributed by atoms with E-state index < -0.39 is 5.54 Å². The van der Waals surface area contributed by atoms with Crippen LogP contribution in [0.4, 0.5) is 0 Å². The first-order valence-corrected chi connectivity index (χ1v) is 8.13. The van der Waals surface area contributed by atoms with Crippen LogP contribution in [0.5, 0.6) is 5.75 Å². The Bertz CT molecular complexity index is 816. The molecule has 0 radical (unpaired) electrons. The van der Waals surface area contributed by atoms with Crippen LogP contribution in [0.15, 0.2) is 66.7 Å². The Morgan fingerprint density at radius 1 is 0.958 bits per heavy atom. The molecule has 3 rings (SSSR count). The molecule has 2 N–H and O–H groups in total. The first-order valence-electron chi connectivity index (χ1n) is 8.13. The largest absolute Gasteiger partial charge is 0.497 e. The third-order valence-corrected chi connectivity index (χ3v) is 4.53. The van der Waals surface area contributed by atoms with Crippen LogP contribution in [0.1, 0.15) is 18.1 Å². The van der Waals surface area contributed by atoms with Gasteiger partial charge < -0.3 is 15.2 Å². The smallest absolute Gasteiger partial charge is 0.119 e. The van der Waals surface area contributed by atoms with Gasteiger partial charge in [0.2, 0.25) is 0 Å². The summed E-state index contributed by atoms with van der Waals surface area (Å²) in [6.07, 6.45) is 0. The lowest BCUT2D eigenvalue weighted by Crippen LogP contribution is -2.42. The standard InChI is InChI=1S/C21H23NO2/c1-21(15-23,22-14-16-6-4-3-5-7-16)19-10-8-18-13-20(24-2)11-9-17(18)12-19/h3-13,22-23H,14-15H2,1-2H3. The summed E-state index contributed by atoms with van der Waals surface area (Å²) in [7, 11) is 1.67. The Labute approximate surface area is 142 Å². The van der Waals surface area contributed by atoms with Crippen LogP contribution in [0.25, 0.3) is 10.8 Å². The third-order valence-electron chi connectivity index (χ3n) is 4.53. The van der Waals surface area contributed by atoms with Crippen molar-refractivity contribution in [3.05, 3.63) is 77.9 Å². The molecule has 0 saturated heterocycles. The zero-order valence-electron chi connectivity index (χ0n) is 14.1. The van der Waals surface area contributed by atoms with E-state index >= 15 is 0 Å². The highest BCUT2D eigenvalue weighted by Crippen LogP contribution is 2.27. The molecule has 0 aromatic heterocycles. The van der Waals surface area contributed by atoms with E-state index in [1.165, 1.54) is 5.56 Å². The molecule has 0 saturated carbocycles. The van der Waals surface area contributed by atoms with Crippen molar-refractivity contribution in [3.63, 3.8) is 0 Å². The number of aliphatic hydroxyl groups excluding tert-OH is 1. The molecule has 3 aromatic rings. The second kappa shape index (κ2) is 7.04. The van der Waals surface area contributed by atoms with E-state index in [2.05, 4.69) is 35.6 Å². The minimum Gasteiger partial charge on any atom is -0.497 e. The maximum atomic E-state index is 9.99. The van der Waals surface area contributed by atoms with Gasteiger partial charge in [-0.05, 0) is 47.0 Å². The molecule has 0 spiro atoms. The first kappa shape index (κ1) is 16.5. The van der Waals surface area contributed by atoms with Crippen LogP contribution in [0.3, 0.4) is 0 Å². The average Bonchev–Trinajstić information content (AvgIpc) is 2.66. The molecule has 0 amide bonds. The minimum absolute atomic E-state index is 0.0293. The van der Waals surface area contributed by atoms with Crippen molar-refractivity contribution in [2.75, 3.05) is 13.7 Å². The third kappa shape index (κ3) is 3.42. The average molecular weight is 321 g/mol. The summed E-state index contributed by atoms with van der Waals surface area (Å²) in [5, 5.41) is 15.7.